The molecule has 5 heteroatoms. The van der Waals surface area contributed by atoms with E-state index in [0.29, 0.717) is 13.1 Å². The number of fused-ring (bicyclic) bond motifs is 2. The van der Waals surface area contributed by atoms with Crippen molar-refractivity contribution in [2.24, 2.45) is 5.92 Å². The van der Waals surface area contributed by atoms with Gasteiger partial charge in [-0.15, -0.1) is 0 Å². The molecule has 3 rings (SSSR count). The average Bonchev–Trinajstić information content (AvgIpc) is 2.80. The number of hydrogen-bond acceptors (Lipinski definition) is 3. The van der Waals surface area contributed by atoms with E-state index in [1.165, 1.54) is 11.1 Å². The van der Waals surface area contributed by atoms with Crippen molar-refractivity contribution in [2.75, 3.05) is 26.2 Å². The molecule has 1 N–H and O–H groups in total. The summed E-state index contributed by atoms with van der Waals surface area (Å²) in [5, 5.41) is 3.22. The van der Waals surface area contributed by atoms with Gasteiger partial charge in [-0.05, 0) is 12.8 Å². The maximum absolute atomic E-state index is 12.2. The van der Waals surface area contributed by atoms with Gasteiger partial charge >= 0.3 is 0 Å². The zero-order valence-electron chi connectivity index (χ0n) is 9.57. The third kappa shape index (κ3) is 1.31. The minimum Gasteiger partial charge on any atom is -0.309 e. The van der Waals surface area contributed by atoms with E-state index in [4.69, 9.17) is 0 Å². The lowest BCUT2D eigenvalue weighted by atomic mass is 9.84. The van der Waals surface area contributed by atoms with Gasteiger partial charge in [-0.3, -0.25) is 0 Å². The van der Waals surface area contributed by atoms with E-state index >= 15 is 0 Å². The summed E-state index contributed by atoms with van der Waals surface area (Å²) in [6.45, 7) is 5.14. The zero-order chi connectivity index (χ0) is 11.3. The van der Waals surface area contributed by atoms with E-state index in [1.807, 2.05) is 6.92 Å². The second-order valence-corrected chi connectivity index (χ2v) is 7.06. The fourth-order valence-corrected chi connectivity index (χ4v) is 5.57. The molecule has 16 heavy (non-hydrogen) atoms. The molecule has 2 heterocycles. The lowest BCUT2D eigenvalue weighted by Gasteiger charge is -2.24. The van der Waals surface area contributed by atoms with Crippen LogP contribution in [0.4, 0.5) is 0 Å². The molecule has 1 aliphatic carbocycles. The number of sulfonamides is 1. The summed E-state index contributed by atoms with van der Waals surface area (Å²) in [7, 11) is -3.01. The summed E-state index contributed by atoms with van der Waals surface area (Å²) < 4.78 is 26.1. The molecule has 0 aromatic carbocycles. The molecule has 0 bridgehead atoms. The Labute approximate surface area is 96.8 Å². The van der Waals surface area contributed by atoms with Gasteiger partial charge in [0.25, 0.3) is 0 Å². The van der Waals surface area contributed by atoms with Crippen molar-refractivity contribution >= 4 is 10.0 Å². The van der Waals surface area contributed by atoms with E-state index in [0.717, 1.165) is 25.9 Å². The van der Waals surface area contributed by atoms with Gasteiger partial charge in [0.1, 0.15) is 0 Å². The van der Waals surface area contributed by atoms with Gasteiger partial charge in [0.05, 0.1) is 5.25 Å². The van der Waals surface area contributed by atoms with Crippen molar-refractivity contribution < 1.29 is 8.42 Å². The second-order valence-electron chi connectivity index (χ2n) is 4.91. The standard InChI is InChI=1S/C11H18N2O2S/c1-2-13-7-10-9-6-12-5-8(9)3-4-11(10)16(13,14)15/h10-12H,2-7H2,1H3/t10-,11+/m0/s1. The normalized spacial score (nSPS) is 37.6. The summed E-state index contributed by atoms with van der Waals surface area (Å²) in [4.78, 5) is 0. The van der Waals surface area contributed by atoms with Gasteiger partial charge in [0.15, 0.2) is 0 Å². The first kappa shape index (κ1) is 10.7. The van der Waals surface area contributed by atoms with Crippen LogP contribution in [0.5, 0.6) is 0 Å². The summed E-state index contributed by atoms with van der Waals surface area (Å²) in [6, 6.07) is 0. The summed E-state index contributed by atoms with van der Waals surface area (Å²) in [5.74, 6) is 0.267. The Kier molecular flexibility index (Phi) is 2.38. The Hall–Kier alpha value is -0.390. The molecule has 0 amide bonds. The van der Waals surface area contributed by atoms with E-state index < -0.39 is 10.0 Å². The Bertz CT molecular complexity index is 441. The first-order valence-corrected chi connectivity index (χ1v) is 7.55. The van der Waals surface area contributed by atoms with Crippen molar-refractivity contribution in [1.82, 2.24) is 9.62 Å². The first-order valence-electron chi connectivity index (χ1n) is 6.05. The van der Waals surface area contributed by atoms with Crippen LogP contribution in [0.15, 0.2) is 11.1 Å². The molecule has 0 aromatic heterocycles. The van der Waals surface area contributed by atoms with Gasteiger partial charge in [-0.2, -0.15) is 0 Å². The molecule has 90 valence electrons. The molecule has 1 fully saturated rings. The quantitative estimate of drug-likeness (QED) is 0.674. The maximum atomic E-state index is 12.2. The average molecular weight is 242 g/mol. The van der Waals surface area contributed by atoms with Crippen molar-refractivity contribution in [2.45, 2.75) is 25.0 Å². The van der Waals surface area contributed by atoms with Crippen LogP contribution in [0.3, 0.4) is 0 Å². The van der Waals surface area contributed by atoms with Crippen LogP contribution >= 0.6 is 0 Å². The van der Waals surface area contributed by atoms with E-state index in [9.17, 15) is 8.42 Å². The third-order valence-electron chi connectivity index (χ3n) is 4.23. The van der Waals surface area contributed by atoms with Crippen molar-refractivity contribution in [1.29, 1.82) is 0 Å². The van der Waals surface area contributed by atoms with E-state index in [-0.39, 0.29) is 11.2 Å². The third-order valence-corrected chi connectivity index (χ3v) is 6.69. The monoisotopic (exact) mass is 242 g/mol. The predicted molar refractivity (Wildman–Crippen MR) is 62.6 cm³/mol. The number of nitrogens with one attached hydrogen (secondary N) is 1. The zero-order valence-corrected chi connectivity index (χ0v) is 10.4. The largest absolute Gasteiger partial charge is 0.309 e. The van der Waals surface area contributed by atoms with Crippen molar-refractivity contribution in [3.63, 3.8) is 0 Å². The fraction of sp³-hybridized carbons (Fsp3) is 0.818. The lowest BCUT2D eigenvalue weighted by molar-refractivity contribution is 0.423. The summed E-state index contributed by atoms with van der Waals surface area (Å²) in [6.07, 6.45) is 1.80. The highest BCUT2D eigenvalue weighted by Gasteiger charge is 2.49. The molecule has 4 nitrogen and oxygen atoms in total. The van der Waals surface area contributed by atoms with Crippen molar-refractivity contribution in [3.05, 3.63) is 11.1 Å². The second kappa shape index (κ2) is 3.55. The predicted octanol–water partition coefficient (Wildman–Crippen LogP) is 0.330. The van der Waals surface area contributed by atoms with Gasteiger partial charge in [-0.25, -0.2) is 12.7 Å². The molecular formula is C11H18N2O2S. The lowest BCUT2D eigenvalue weighted by Crippen LogP contribution is -2.31. The molecule has 2 aliphatic heterocycles. The molecule has 3 aliphatic rings. The van der Waals surface area contributed by atoms with E-state index in [2.05, 4.69) is 5.32 Å². The van der Waals surface area contributed by atoms with Crippen LogP contribution in [-0.4, -0.2) is 44.2 Å². The topological polar surface area (TPSA) is 49.4 Å². The minimum atomic E-state index is -3.01. The Balaban J connectivity index is 1.99. The molecule has 1 saturated heterocycles. The molecule has 0 aromatic rings. The Morgan fingerprint density at radius 2 is 2.25 bits per heavy atom. The number of rotatable bonds is 1. The van der Waals surface area contributed by atoms with Crippen molar-refractivity contribution in [3.8, 4) is 0 Å². The van der Waals surface area contributed by atoms with Crippen LogP contribution in [0.2, 0.25) is 0 Å². The Morgan fingerprint density at radius 1 is 1.44 bits per heavy atom. The van der Waals surface area contributed by atoms with Gasteiger partial charge < -0.3 is 5.32 Å². The van der Waals surface area contributed by atoms with Crippen LogP contribution in [-0.2, 0) is 10.0 Å². The molecule has 2 atom stereocenters. The molecule has 0 spiro atoms. The van der Waals surface area contributed by atoms with Crippen LogP contribution in [0, 0.1) is 5.92 Å². The van der Waals surface area contributed by atoms with Gasteiger partial charge in [0, 0.05) is 32.1 Å². The highest BCUT2D eigenvalue weighted by molar-refractivity contribution is 7.90. The SMILES string of the molecule is CCN1C[C@H]2C3=C(CC[C@H]2S1(=O)=O)CNC3. The van der Waals surface area contributed by atoms with Crippen LogP contribution < -0.4 is 5.32 Å². The molecule has 0 saturated carbocycles. The number of hydrogen-bond donors (Lipinski definition) is 1. The highest BCUT2D eigenvalue weighted by atomic mass is 32.2. The number of nitrogens with zero attached hydrogens (tertiary/aromatic N) is 1. The maximum Gasteiger partial charge on any atom is 0.217 e. The molecular weight excluding hydrogens is 224 g/mol. The summed E-state index contributed by atoms with van der Waals surface area (Å²) >= 11 is 0. The summed E-state index contributed by atoms with van der Waals surface area (Å²) in [5.41, 5.74) is 2.88. The highest BCUT2D eigenvalue weighted by Crippen LogP contribution is 2.41. The Morgan fingerprint density at radius 3 is 3.00 bits per heavy atom. The molecule has 0 unspecified atom stereocenters. The van der Waals surface area contributed by atoms with Crippen LogP contribution in [0.1, 0.15) is 19.8 Å². The van der Waals surface area contributed by atoms with Gasteiger partial charge in [-0.1, -0.05) is 18.1 Å². The minimum absolute atomic E-state index is 0.133. The van der Waals surface area contributed by atoms with Crippen LogP contribution in [0.25, 0.3) is 0 Å². The smallest absolute Gasteiger partial charge is 0.217 e. The first-order chi connectivity index (χ1) is 7.64. The van der Waals surface area contributed by atoms with Gasteiger partial charge in [0.2, 0.25) is 10.0 Å². The molecule has 0 radical (unpaired) electrons. The van der Waals surface area contributed by atoms with E-state index in [1.54, 1.807) is 4.31 Å². The fourth-order valence-electron chi connectivity index (χ4n) is 3.38.